The van der Waals surface area contributed by atoms with Crippen molar-refractivity contribution in [3.05, 3.63) is 0 Å². The fourth-order valence-corrected chi connectivity index (χ4v) is 2.85. The van der Waals surface area contributed by atoms with Gasteiger partial charge in [-0.15, -0.1) is 0 Å². The van der Waals surface area contributed by atoms with E-state index in [4.69, 9.17) is 5.73 Å². The van der Waals surface area contributed by atoms with E-state index < -0.39 is 0 Å². The Morgan fingerprint density at radius 2 is 2.31 bits per heavy atom. The van der Waals surface area contributed by atoms with Gasteiger partial charge >= 0.3 is 0 Å². The molecule has 0 aromatic rings. The summed E-state index contributed by atoms with van der Waals surface area (Å²) in [4.78, 5) is 0. The first-order valence-electron chi connectivity index (χ1n) is 5.46. The van der Waals surface area contributed by atoms with Crippen LogP contribution in [0.2, 0.25) is 0 Å². The summed E-state index contributed by atoms with van der Waals surface area (Å²) >= 11 is 0. The van der Waals surface area contributed by atoms with Crippen LogP contribution in [0.15, 0.2) is 0 Å². The monoisotopic (exact) mass is 185 g/mol. The second-order valence-electron chi connectivity index (χ2n) is 4.96. The molecule has 3 atom stereocenters. The first kappa shape index (κ1) is 11.0. The third kappa shape index (κ3) is 2.96. The summed E-state index contributed by atoms with van der Waals surface area (Å²) in [6.07, 6.45) is 5.71. The summed E-state index contributed by atoms with van der Waals surface area (Å²) in [7, 11) is 0. The SMILES string of the molecule is CC(O)CC1(CN)CCCC(C)C1. The quantitative estimate of drug-likeness (QED) is 0.705. The smallest absolute Gasteiger partial charge is 0.0517 e. The van der Waals surface area contributed by atoms with E-state index in [9.17, 15) is 5.11 Å². The largest absolute Gasteiger partial charge is 0.393 e. The van der Waals surface area contributed by atoms with E-state index in [0.29, 0.717) is 0 Å². The number of nitrogens with two attached hydrogens (primary N) is 1. The molecule has 0 saturated heterocycles. The molecule has 0 aromatic heterocycles. The zero-order valence-corrected chi connectivity index (χ0v) is 8.92. The second-order valence-corrected chi connectivity index (χ2v) is 4.96. The van der Waals surface area contributed by atoms with E-state index in [2.05, 4.69) is 6.92 Å². The van der Waals surface area contributed by atoms with Crippen molar-refractivity contribution in [2.24, 2.45) is 17.1 Å². The zero-order valence-electron chi connectivity index (χ0n) is 8.92. The number of hydrogen-bond donors (Lipinski definition) is 2. The van der Waals surface area contributed by atoms with Gasteiger partial charge in [-0.05, 0) is 44.1 Å². The third-order valence-electron chi connectivity index (χ3n) is 3.35. The van der Waals surface area contributed by atoms with E-state index in [1.807, 2.05) is 6.92 Å². The van der Waals surface area contributed by atoms with Crippen molar-refractivity contribution in [1.82, 2.24) is 0 Å². The fourth-order valence-electron chi connectivity index (χ4n) is 2.85. The van der Waals surface area contributed by atoms with Crippen LogP contribution in [-0.2, 0) is 0 Å². The van der Waals surface area contributed by atoms with E-state index in [0.717, 1.165) is 18.9 Å². The molecule has 78 valence electrons. The maximum Gasteiger partial charge on any atom is 0.0517 e. The van der Waals surface area contributed by atoms with Crippen molar-refractivity contribution in [2.45, 2.75) is 52.1 Å². The zero-order chi connectivity index (χ0) is 9.90. The predicted molar refractivity (Wildman–Crippen MR) is 55.4 cm³/mol. The summed E-state index contributed by atoms with van der Waals surface area (Å²) in [5.41, 5.74) is 6.08. The lowest BCUT2D eigenvalue weighted by atomic mass is 9.67. The van der Waals surface area contributed by atoms with Crippen LogP contribution in [0.1, 0.15) is 46.0 Å². The molecule has 0 amide bonds. The van der Waals surface area contributed by atoms with Crippen LogP contribution in [0, 0.1) is 11.3 Å². The van der Waals surface area contributed by atoms with Crippen LogP contribution in [0.4, 0.5) is 0 Å². The van der Waals surface area contributed by atoms with E-state index >= 15 is 0 Å². The normalized spacial score (nSPS) is 37.4. The lowest BCUT2D eigenvalue weighted by Crippen LogP contribution is -2.37. The minimum Gasteiger partial charge on any atom is -0.393 e. The molecule has 2 heteroatoms. The van der Waals surface area contributed by atoms with Crippen molar-refractivity contribution < 1.29 is 5.11 Å². The predicted octanol–water partition coefficient (Wildman–Crippen LogP) is 1.91. The number of rotatable bonds is 3. The molecule has 1 rings (SSSR count). The molecule has 3 N–H and O–H groups in total. The number of aliphatic hydroxyl groups is 1. The molecular formula is C11H23NO. The van der Waals surface area contributed by atoms with Crippen LogP contribution in [0.5, 0.6) is 0 Å². The van der Waals surface area contributed by atoms with Gasteiger partial charge in [0.1, 0.15) is 0 Å². The van der Waals surface area contributed by atoms with Crippen molar-refractivity contribution >= 4 is 0 Å². The van der Waals surface area contributed by atoms with Gasteiger partial charge in [0.25, 0.3) is 0 Å². The Hall–Kier alpha value is -0.0800. The molecule has 0 spiro atoms. The van der Waals surface area contributed by atoms with Crippen molar-refractivity contribution in [2.75, 3.05) is 6.54 Å². The van der Waals surface area contributed by atoms with E-state index in [-0.39, 0.29) is 11.5 Å². The molecule has 13 heavy (non-hydrogen) atoms. The van der Waals surface area contributed by atoms with Crippen LogP contribution in [-0.4, -0.2) is 17.8 Å². The van der Waals surface area contributed by atoms with Crippen LogP contribution >= 0.6 is 0 Å². The van der Waals surface area contributed by atoms with Gasteiger partial charge in [-0.3, -0.25) is 0 Å². The summed E-state index contributed by atoms with van der Waals surface area (Å²) in [5.74, 6) is 0.788. The average molecular weight is 185 g/mol. The average Bonchev–Trinajstić information content (AvgIpc) is 2.03. The van der Waals surface area contributed by atoms with Crippen LogP contribution < -0.4 is 5.73 Å². The highest BCUT2D eigenvalue weighted by Gasteiger charge is 2.34. The van der Waals surface area contributed by atoms with Gasteiger partial charge in [-0.2, -0.15) is 0 Å². The topological polar surface area (TPSA) is 46.2 Å². The molecule has 2 nitrogen and oxygen atoms in total. The molecule has 1 saturated carbocycles. The fraction of sp³-hybridized carbons (Fsp3) is 1.00. The molecule has 1 aliphatic rings. The molecule has 1 fully saturated rings. The summed E-state index contributed by atoms with van der Waals surface area (Å²) in [5, 5.41) is 9.43. The first-order valence-corrected chi connectivity index (χ1v) is 5.46. The Labute approximate surface area is 81.5 Å². The lowest BCUT2D eigenvalue weighted by molar-refractivity contribution is 0.0688. The molecular weight excluding hydrogens is 162 g/mol. The Morgan fingerprint density at radius 3 is 2.77 bits per heavy atom. The van der Waals surface area contributed by atoms with Gasteiger partial charge in [0.05, 0.1) is 6.10 Å². The van der Waals surface area contributed by atoms with E-state index in [1.165, 1.54) is 25.7 Å². The minimum atomic E-state index is -0.200. The highest BCUT2D eigenvalue weighted by atomic mass is 16.3. The second kappa shape index (κ2) is 4.43. The molecule has 0 bridgehead atoms. The van der Waals surface area contributed by atoms with Crippen LogP contribution in [0.25, 0.3) is 0 Å². The molecule has 0 aromatic carbocycles. The highest BCUT2D eigenvalue weighted by molar-refractivity contribution is 4.87. The Bertz CT molecular complexity index is 154. The van der Waals surface area contributed by atoms with Gasteiger partial charge in [0.2, 0.25) is 0 Å². The molecule has 0 aliphatic heterocycles. The molecule has 0 heterocycles. The lowest BCUT2D eigenvalue weighted by Gasteiger charge is -2.40. The van der Waals surface area contributed by atoms with E-state index in [1.54, 1.807) is 0 Å². The van der Waals surface area contributed by atoms with Gasteiger partial charge in [0.15, 0.2) is 0 Å². The summed E-state index contributed by atoms with van der Waals surface area (Å²) in [6, 6.07) is 0. The number of aliphatic hydroxyl groups excluding tert-OH is 1. The minimum absolute atomic E-state index is 0.200. The van der Waals surface area contributed by atoms with Crippen molar-refractivity contribution in [1.29, 1.82) is 0 Å². The Balaban J connectivity index is 2.56. The molecule has 1 aliphatic carbocycles. The number of hydrogen-bond acceptors (Lipinski definition) is 2. The third-order valence-corrected chi connectivity index (χ3v) is 3.35. The first-order chi connectivity index (χ1) is 6.08. The molecule has 3 unspecified atom stereocenters. The Morgan fingerprint density at radius 1 is 1.62 bits per heavy atom. The van der Waals surface area contributed by atoms with Crippen LogP contribution in [0.3, 0.4) is 0 Å². The van der Waals surface area contributed by atoms with Gasteiger partial charge in [0, 0.05) is 0 Å². The van der Waals surface area contributed by atoms with Gasteiger partial charge in [-0.1, -0.05) is 19.8 Å². The maximum atomic E-state index is 9.43. The van der Waals surface area contributed by atoms with Crippen molar-refractivity contribution in [3.63, 3.8) is 0 Å². The highest BCUT2D eigenvalue weighted by Crippen LogP contribution is 2.41. The molecule has 0 radical (unpaired) electrons. The summed E-state index contributed by atoms with van der Waals surface area (Å²) < 4.78 is 0. The van der Waals surface area contributed by atoms with Crippen molar-refractivity contribution in [3.8, 4) is 0 Å². The maximum absolute atomic E-state index is 9.43. The Kier molecular flexibility index (Phi) is 3.74. The summed E-state index contributed by atoms with van der Waals surface area (Å²) in [6.45, 7) is 4.91. The standard InChI is InChI=1S/C11H23NO/c1-9-4-3-5-11(6-9,8-12)7-10(2)13/h9-10,13H,3-8,12H2,1-2H3. The van der Waals surface area contributed by atoms with Gasteiger partial charge < -0.3 is 10.8 Å². The van der Waals surface area contributed by atoms with Gasteiger partial charge in [-0.25, -0.2) is 0 Å².